The SMILES string of the molecule is COc1cccc(OC(C)C(F)(F)F)c1C(C)N. The monoisotopic (exact) mass is 263 g/mol. The number of rotatable bonds is 4. The fourth-order valence-corrected chi connectivity index (χ4v) is 1.51. The molecule has 0 radical (unpaired) electrons. The summed E-state index contributed by atoms with van der Waals surface area (Å²) in [6.07, 6.45) is -6.32. The summed E-state index contributed by atoms with van der Waals surface area (Å²) in [6.45, 7) is 2.60. The van der Waals surface area contributed by atoms with Gasteiger partial charge in [-0.05, 0) is 26.0 Å². The van der Waals surface area contributed by atoms with Gasteiger partial charge in [-0.3, -0.25) is 0 Å². The highest BCUT2D eigenvalue weighted by Crippen LogP contribution is 2.35. The van der Waals surface area contributed by atoms with Gasteiger partial charge in [0, 0.05) is 6.04 Å². The number of halogens is 3. The third-order valence-corrected chi connectivity index (χ3v) is 2.47. The van der Waals surface area contributed by atoms with Gasteiger partial charge in [-0.15, -0.1) is 0 Å². The largest absolute Gasteiger partial charge is 0.496 e. The van der Waals surface area contributed by atoms with Crippen molar-refractivity contribution in [2.75, 3.05) is 7.11 Å². The molecule has 6 heteroatoms. The first kappa shape index (κ1) is 14.6. The van der Waals surface area contributed by atoms with Crippen LogP contribution in [0, 0.1) is 0 Å². The minimum absolute atomic E-state index is 0.0918. The summed E-state index contributed by atoms with van der Waals surface area (Å²) < 4.78 is 47.4. The van der Waals surface area contributed by atoms with Gasteiger partial charge in [0.2, 0.25) is 0 Å². The van der Waals surface area contributed by atoms with Crippen molar-refractivity contribution in [1.29, 1.82) is 0 Å². The molecule has 18 heavy (non-hydrogen) atoms. The topological polar surface area (TPSA) is 44.5 Å². The number of methoxy groups -OCH3 is 1. The first-order valence-corrected chi connectivity index (χ1v) is 5.43. The maximum Gasteiger partial charge on any atom is 0.425 e. The van der Waals surface area contributed by atoms with E-state index in [0.717, 1.165) is 6.92 Å². The zero-order valence-corrected chi connectivity index (χ0v) is 10.4. The summed E-state index contributed by atoms with van der Waals surface area (Å²) in [6, 6.07) is 4.15. The van der Waals surface area contributed by atoms with Gasteiger partial charge in [-0.1, -0.05) is 6.07 Å². The van der Waals surface area contributed by atoms with Crippen LogP contribution in [0.25, 0.3) is 0 Å². The van der Waals surface area contributed by atoms with Crippen LogP contribution in [0.5, 0.6) is 11.5 Å². The molecule has 1 aromatic rings. The first-order valence-electron chi connectivity index (χ1n) is 5.43. The third kappa shape index (κ3) is 3.29. The van der Waals surface area contributed by atoms with E-state index in [1.807, 2.05) is 0 Å². The molecular formula is C12H16F3NO2. The Balaban J connectivity index is 3.09. The molecule has 0 spiro atoms. The van der Waals surface area contributed by atoms with Crippen molar-refractivity contribution in [1.82, 2.24) is 0 Å². The lowest BCUT2D eigenvalue weighted by molar-refractivity contribution is -0.189. The van der Waals surface area contributed by atoms with Crippen LogP contribution in [0.15, 0.2) is 18.2 Å². The van der Waals surface area contributed by atoms with Gasteiger partial charge < -0.3 is 15.2 Å². The Morgan fingerprint density at radius 1 is 1.17 bits per heavy atom. The number of ether oxygens (including phenoxy) is 2. The normalized spacial score (nSPS) is 15.1. The Kier molecular flexibility index (Phi) is 4.45. The molecule has 102 valence electrons. The van der Waals surface area contributed by atoms with Crippen molar-refractivity contribution in [2.45, 2.75) is 32.2 Å². The molecule has 0 amide bonds. The second-order valence-electron chi connectivity index (χ2n) is 3.96. The van der Waals surface area contributed by atoms with Crippen LogP contribution in [0.3, 0.4) is 0 Å². The Labute approximate surface area is 104 Å². The van der Waals surface area contributed by atoms with Gasteiger partial charge in [0.15, 0.2) is 6.10 Å². The molecule has 0 heterocycles. The van der Waals surface area contributed by atoms with Crippen LogP contribution in [-0.4, -0.2) is 19.4 Å². The molecule has 0 aliphatic carbocycles. The minimum atomic E-state index is -4.42. The summed E-state index contributed by atoms with van der Waals surface area (Å²) in [4.78, 5) is 0. The van der Waals surface area contributed by atoms with Crippen LogP contribution in [0.4, 0.5) is 13.2 Å². The van der Waals surface area contributed by atoms with Crippen LogP contribution in [0.2, 0.25) is 0 Å². The fourth-order valence-electron chi connectivity index (χ4n) is 1.51. The van der Waals surface area contributed by atoms with Crippen molar-refractivity contribution in [3.05, 3.63) is 23.8 Å². The highest BCUT2D eigenvalue weighted by molar-refractivity contribution is 5.46. The summed E-state index contributed by atoms with van der Waals surface area (Å²) in [5.74, 6) is 0.506. The van der Waals surface area contributed by atoms with E-state index in [-0.39, 0.29) is 5.75 Å². The first-order chi connectivity index (χ1) is 8.27. The van der Waals surface area contributed by atoms with Gasteiger partial charge in [0.05, 0.1) is 12.7 Å². The summed E-state index contributed by atoms with van der Waals surface area (Å²) in [7, 11) is 1.43. The van der Waals surface area contributed by atoms with Crippen LogP contribution >= 0.6 is 0 Å². The fraction of sp³-hybridized carbons (Fsp3) is 0.500. The van der Waals surface area contributed by atoms with Gasteiger partial charge in [-0.25, -0.2) is 0 Å². The zero-order valence-electron chi connectivity index (χ0n) is 10.4. The summed E-state index contributed by atoms with van der Waals surface area (Å²) >= 11 is 0. The highest BCUT2D eigenvalue weighted by atomic mass is 19.4. The van der Waals surface area contributed by atoms with E-state index in [0.29, 0.717) is 11.3 Å². The molecule has 0 saturated heterocycles. The lowest BCUT2D eigenvalue weighted by atomic mass is 10.1. The average molecular weight is 263 g/mol. The standard InChI is InChI=1S/C12H16F3NO2/c1-7(16)11-9(17-3)5-4-6-10(11)18-8(2)12(13,14)15/h4-8H,16H2,1-3H3. The number of alkyl halides is 3. The van der Waals surface area contributed by atoms with Crippen molar-refractivity contribution in [2.24, 2.45) is 5.73 Å². The molecule has 0 aromatic heterocycles. The summed E-state index contributed by atoms with van der Waals surface area (Å²) in [5.41, 5.74) is 6.16. The molecule has 0 aliphatic rings. The van der Waals surface area contributed by atoms with E-state index < -0.39 is 18.3 Å². The van der Waals surface area contributed by atoms with Crippen molar-refractivity contribution < 1.29 is 22.6 Å². The molecule has 1 aromatic carbocycles. The van der Waals surface area contributed by atoms with Gasteiger partial charge in [-0.2, -0.15) is 13.2 Å². The molecule has 2 atom stereocenters. The second-order valence-corrected chi connectivity index (χ2v) is 3.96. The maximum atomic E-state index is 12.5. The van der Waals surface area contributed by atoms with E-state index >= 15 is 0 Å². The molecule has 0 fully saturated rings. The van der Waals surface area contributed by atoms with Gasteiger partial charge >= 0.3 is 6.18 Å². The summed E-state index contributed by atoms with van der Waals surface area (Å²) in [5, 5.41) is 0. The maximum absolute atomic E-state index is 12.5. The quantitative estimate of drug-likeness (QED) is 0.908. The molecular weight excluding hydrogens is 247 g/mol. The molecule has 2 unspecified atom stereocenters. The minimum Gasteiger partial charge on any atom is -0.496 e. The van der Waals surface area contributed by atoms with E-state index in [4.69, 9.17) is 15.2 Å². The van der Waals surface area contributed by atoms with E-state index in [1.165, 1.54) is 13.2 Å². The Bertz CT molecular complexity index is 405. The molecule has 3 nitrogen and oxygen atoms in total. The Hall–Kier alpha value is -1.43. The van der Waals surface area contributed by atoms with Crippen molar-refractivity contribution >= 4 is 0 Å². The lowest BCUT2D eigenvalue weighted by Gasteiger charge is -2.22. The second kappa shape index (κ2) is 5.48. The lowest BCUT2D eigenvalue weighted by Crippen LogP contribution is -2.31. The average Bonchev–Trinajstić information content (AvgIpc) is 2.26. The number of nitrogens with two attached hydrogens (primary N) is 1. The molecule has 0 aliphatic heterocycles. The molecule has 0 bridgehead atoms. The van der Waals surface area contributed by atoms with E-state index in [1.54, 1.807) is 19.1 Å². The van der Waals surface area contributed by atoms with Crippen LogP contribution in [0.1, 0.15) is 25.5 Å². The third-order valence-electron chi connectivity index (χ3n) is 2.47. The predicted octanol–water partition coefficient (Wildman–Crippen LogP) is 3.04. The van der Waals surface area contributed by atoms with E-state index in [9.17, 15) is 13.2 Å². The van der Waals surface area contributed by atoms with Gasteiger partial charge in [0.25, 0.3) is 0 Å². The number of benzene rings is 1. The van der Waals surface area contributed by atoms with Crippen molar-refractivity contribution in [3.63, 3.8) is 0 Å². The Morgan fingerprint density at radius 2 is 1.72 bits per heavy atom. The van der Waals surface area contributed by atoms with Crippen LogP contribution in [-0.2, 0) is 0 Å². The molecule has 0 saturated carbocycles. The zero-order chi connectivity index (χ0) is 13.9. The smallest absolute Gasteiger partial charge is 0.425 e. The molecule has 2 N–H and O–H groups in total. The van der Waals surface area contributed by atoms with Crippen molar-refractivity contribution in [3.8, 4) is 11.5 Å². The van der Waals surface area contributed by atoms with E-state index in [2.05, 4.69) is 0 Å². The predicted molar refractivity (Wildman–Crippen MR) is 61.7 cm³/mol. The molecule has 1 rings (SSSR count). The Morgan fingerprint density at radius 3 is 2.17 bits per heavy atom. The number of hydrogen-bond donors (Lipinski definition) is 1. The van der Waals surface area contributed by atoms with Crippen LogP contribution < -0.4 is 15.2 Å². The highest BCUT2D eigenvalue weighted by Gasteiger charge is 2.38. The number of hydrogen-bond acceptors (Lipinski definition) is 3. The van der Waals surface area contributed by atoms with Gasteiger partial charge in [0.1, 0.15) is 11.5 Å².